The first-order chi connectivity index (χ1) is 10.5. The Morgan fingerprint density at radius 1 is 1.14 bits per heavy atom. The fourth-order valence-electron chi connectivity index (χ4n) is 2.00. The van der Waals surface area contributed by atoms with Gasteiger partial charge in [-0.25, -0.2) is 0 Å². The van der Waals surface area contributed by atoms with Crippen molar-refractivity contribution in [3.05, 3.63) is 51.9 Å². The van der Waals surface area contributed by atoms with E-state index in [0.29, 0.717) is 23.0 Å². The van der Waals surface area contributed by atoms with Crippen LogP contribution in [0.15, 0.2) is 43.6 Å². The van der Waals surface area contributed by atoms with Crippen molar-refractivity contribution in [3.8, 4) is 11.5 Å². The zero-order valence-electron chi connectivity index (χ0n) is 11.9. The van der Waals surface area contributed by atoms with Crippen molar-refractivity contribution in [2.45, 2.75) is 13.8 Å². The van der Waals surface area contributed by atoms with Crippen molar-refractivity contribution in [2.24, 2.45) is 0 Å². The number of carbonyl (C=O) groups is 1. The molecule has 0 atom stereocenters. The van der Waals surface area contributed by atoms with Gasteiger partial charge in [0.05, 0.1) is 5.56 Å². The van der Waals surface area contributed by atoms with E-state index in [2.05, 4.69) is 31.4 Å². The zero-order valence-corrected chi connectivity index (χ0v) is 13.5. The molecule has 0 bridgehead atoms. The van der Waals surface area contributed by atoms with Crippen LogP contribution in [0, 0.1) is 13.8 Å². The van der Waals surface area contributed by atoms with Gasteiger partial charge in [0.15, 0.2) is 0 Å². The average Bonchev–Trinajstić information content (AvgIpc) is 3.06. The first kappa shape index (κ1) is 14.5. The van der Waals surface area contributed by atoms with Gasteiger partial charge < -0.3 is 8.83 Å². The molecule has 1 aromatic carbocycles. The molecule has 2 aromatic heterocycles. The smallest absolute Gasteiger partial charge is 0.322 e. The summed E-state index contributed by atoms with van der Waals surface area (Å²) >= 11 is 3.36. The Bertz CT molecular complexity index is 821. The maximum atomic E-state index is 12.1. The fraction of sp³-hybridized carbons (Fsp3) is 0.133. The number of aromatic nitrogens is 2. The van der Waals surface area contributed by atoms with Crippen molar-refractivity contribution in [1.82, 2.24) is 10.2 Å². The van der Waals surface area contributed by atoms with Crippen molar-refractivity contribution < 1.29 is 13.6 Å². The lowest BCUT2D eigenvalue weighted by atomic mass is 10.2. The molecule has 0 radical (unpaired) electrons. The van der Waals surface area contributed by atoms with E-state index in [4.69, 9.17) is 8.83 Å². The Hall–Kier alpha value is -2.41. The van der Waals surface area contributed by atoms with Gasteiger partial charge in [-0.05, 0) is 44.2 Å². The molecule has 0 unspecified atom stereocenters. The quantitative estimate of drug-likeness (QED) is 0.763. The molecular weight excluding hydrogens is 350 g/mol. The molecule has 0 saturated heterocycles. The zero-order chi connectivity index (χ0) is 15.7. The molecule has 22 heavy (non-hydrogen) atoms. The van der Waals surface area contributed by atoms with Gasteiger partial charge >= 0.3 is 6.01 Å². The van der Waals surface area contributed by atoms with Crippen LogP contribution in [-0.4, -0.2) is 16.1 Å². The highest BCUT2D eigenvalue weighted by atomic mass is 79.9. The first-order valence-electron chi connectivity index (χ1n) is 6.51. The van der Waals surface area contributed by atoms with Gasteiger partial charge in [0, 0.05) is 10.0 Å². The van der Waals surface area contributed by atoms with Crippen LogP contribution >= 0.6 is 15.9 Å². The molecule has 0 fully saturated rings. The highest BCUT2D eigenvalue weighted by Crippen LogP contribution is 2.22. The minimum absolute atomic E-state index is 0.0428. The summed E-state index contributed by atoms with van der Waals surface area (Å²) in [6.45, 7) is 3.51. The molecule has 7 heteroatoms. The summed E-state index contributed by atoms with van der Waals surface area (Å²) < 4.78 is 11.7. The van der Waals surface area contributed by atoms with Crippen molar-refractivity contribution in [3.63, 3.8) is 0 Å². The third-order valence-electron chi connectivity index (χ3n) is 3.02. The average molecular weight is 362 g/mol. The molecule has 0 spiro atoms. The monoisotopic (exact) mass is 361 g/mol. The lowest BCUT2D eigenvalue weighted by Crippen LogP contribution is -2.12. The van der Waals surface area contributed by atoms with Gasteiger partial charge in [0.25, 0.3) is 5.91 Å². The molecule has 112 valence electrons. The number of hydrogen-bond acceptors (Lipinski definition) is 5. The SMILES string of the molecule is Cc1cc(C(=O)Nc2nnc(-c3ccc(Br)cc3)o2)c(C)o1. The number of amides is 1. The molecule has 2 heterocycles. The number of benzene rings is 1. The third-order valence-corrected chi connectivity index (χ3v) is 3.55. The maximum absolute atomic E-state index is 12.1. The molecule has 0 aliphatic carbocycles. The first-order valence-corrected chi connectivity index (χ1v) is 7.30. The highest BCUT2D eigenvalue weighted by Gasteiger charge is 2.17. The summed E-state index contributed by atoms with van der Waals surface area (Å²) in [6, 6.07) is 9.13. The number of aryl methyl sites for hydroxylation is 2. The summed E-state index contributed by atoms with van der Waals surface area (Å²) in [4.78, 5) is 12.1. The maximum Gasteiger partial charge on any atom is 0.322 e. The number of carbonyl (C=O) groups excluding carboxylic acids is 1. The number of halogens is 1. The summed E-state index contributed by atoms with van der Waals surface area (Å²) in [5.41, 5.74) is 1.22. The summed E-state index contributed by atoms with van der Waals surface area (Å²) in [7, 11) is 0. The summed E-state index contributed by atoms with van der Waals surface area (Å²) in [5.74, 6) is 1.20. The van der Waals surface area contributed by atoms with Crippen LogP contribution in [0.5, 0.6) is 0 Å². The largest absolute Gasteiger partial charge is 0.466 e. The summed E-state index contributed by atoms with van der Waals surface area (Å²) in [6.07, 6.45) is 0. The molecule has 6 nitrogen and oxygen atoms in total. The number of furan rings is 1. The second-order valence-electron chi connectivity index (χ2n) is 4.70. The minimum atomic E-state index is -0.347. The molecule has 1 N–H and O–H groups in total. The normalized spacial score (nSPS) is 10.7. The standard InChI is InChI=1S/C15H12BrN3O3/c1-8-7-12(9(2)21-8)13(20)17-15-19-18-14(22-15)10-3-5-11(16)6-4-10/h3-7H,1-2H3,(H,17,19,20). The van der Waals surface area contributed by atoms with E-state index < -0.39 is 0 Å². The number of hydrogen-bond donors (Lipinski definition) is 1. The lowest BCUT2D eigenvalue weighted by Gasteiger charge is -1.98. The van der Waals surface area contributed by atoms with E-state index >= 15 is 0 Å². The van der Waals surface area contributed by atoms with Crippen LogP contribution in [0.4, 0.5) is 6.01 Å². The van der Waals surface area contributed by atoms with E-state index in [1.165, 1.54) is 0 Å². The molecule has 0 aliphatic rings. The van der Waals surface area contributed by atoms with Crippen LogP contribution in [0.2, 0.25) is 0 Å². The van der Waals surface area contributed by atoms with Gasteiger partial charge in [-0.15, -0.1) is 5.10 Å². The van der Waals surface area contributed by atoms with Crippen molar-refractivity contribution >= 4 is 27.9 Å². The van der Waals surface area contributed by atoms with Crippen LogP contribution in [-0.2, 0) is 0 Å². The van der Waals surface area contributed by atoms with Gasteiger partial charge in [-0.2, -0.15) is 0 Å². The predicted octanol–water partition coefficient (Wildman–Crippen LogP) is 3.96. The summed E-state index contributed by atoms with van der Waals surface area (Å²) in [5, 5.41) is 10.3. The highest BCUT2D eigenvalue weighted by molar-refractivity contribution is 9.10. The van der Waals surface area contributed by atoms with E-state index in [1.807, 2.05) is 24.3 Å². The number of nitrogens with zero attached hydrogens (tertiary/aromatic N) is 2. The number of anilines is 1. The van der Waals surface area contributed by atoms with E-state index in [1.54, 1.807) is 19.9 Å². The number of nitrogens with one attached hydrogen (secondary N) is 1. The number of rotatable bonds is 3. The predicted molar refractivity (Wildman–Crippen MR) is 83.6 cm³/mol. The van der Waals surface area contributed by atoms with Gasteiger partial charge in [-0.1, -0.05) is 21.0 Å². The van der Waals surface area contributed by atoms with E-state index in [9.17, 15) is 4.79 Å². The minimum Gasteiger partial charge on any atom is -0.466 e. The molecular formula is C15H12BrN3O3. The molecule has 0 saturated carbocycles. The van der Waals surface area contributed by atoms with E-state index in [0.717, 1.165) is 10.0 Å². The molecule has 0 aliphatic heterocycles. The van der Waals surface area contributed by atoms with Crippen LogP contribution in [0.25, 0.3) is 11.5 Å². The molecule has 3 aromatic rings. The van der Waals surface area contributed by atoms with Crippen LogP contribution in [0.1, 0.15) is 21.9 Å². The topological polar surface area (TPSA) is 81.2 Å². The van der Waals surface area contributed by atoms with Crippen molar-refractivity contribution in [1.29, 1.82) is 0 Å². The Labute approximate surface area is 134 Å². The Kier molecular flexibility index (Phi) is 3.81. The van der Waals surface area contributed by atoms with E-state index in [-0.39, 0.29) is 11.9 Å². The second-order valence-corrected chi connectivity index (χ2v) is 5.62. The van der Waals surface area contributed by atoms with Crippen LogP contribution < -0.4 is 5.32 Å². The molecule has 3 rings (SSSR count). The second kappa shape index (κ2) is 5.76. The van der Waals surface area contributed by atoms with Crippen LogP contribution in [0.3, 0.4) is 0 Å². The van der Waals surface area contributed by atoms with Crippen molar-refractivity contribution in [2.75, 3.05) is 5.32 Å². The Balaban J connectivity index is 1.78. The lowest BCUT2D eigenvalue weighted by molar-refractivity contribution is 0.102. The Morgan fingerprint density at radius 3 is 2.50 bits per heavy atom. The fourth-order valence-corrected chi connectivity index (χ4v) is 2.27. The third kappa shape index (κ3) is 2.94. The van der Waals surface area contributed by atoms with Gasteiger partial charge in [0.1, 0.15) is 11.5 Å². The van der Waals surface area contributed by atoms with Gasteiger partial charge in [-0.3, -0.25) is 10.1 Å². The Morgan fingerprint density at radius 2 is 1.86 bits per heavy atom. The molecule has 1 amide bonds. The van der Waals surface area contributed by atoms with Gasteiger partial charge in [0.2, 0.25) is 5.89 Å².